The number of ether oxygens (including phenoxy) is 1. The maximum atomic E-state index is 12.0. The molecular weight excluding hydrogens is 222 g/mol. The average molecular weight is 231 g/mol. The van der Waals surface area contributed by atoms with Gasteiger partial charge in [0.15, 0.2) is 0 Å². The number of amides is 2. The van der Waals surface area contributed by atoms with Gasteiger partial charge in [-0.1, -0.05) is 12.1 Å². The Morgan fingerprint density at radius 1 is 1.06 bits per heavy atom. The second kappa shape index (κ2) is 3.41. The number of hydrogen-bond donors (Lipinski definition) is 0. The van der Waals surface area contributed by atoms with Crippen molar-refractivity contribution in [1.29, 1.82) is 0 Å². The van der Waals surface area contributed by atoms with Gasteiger partial charge in [-0.2, -0.15) is 0 Å². The van der Waals surface area contributed by atoms with Gasteiger partial charge in [-0.15, -0.1) is 0 Å². The van der Waals surface area contributed by atoms with E-state index >= 15 is 0 Å². The number of hydrogen-bond acceptors (Lipinski definition) is 4. The Balaban J connectivity index is 2.03. The summed E-state index contributed by atoms with van der Waals surface area (Å²) in [5, 5.41) is 0. The van der Waals surface area contributed by atoms with Crippen LogP contribution in [0.5, 0.6) is 0 Å². The molecule has 0 aliphatic carbocycles. The van der Waals surface area contributed by atoms with E-state index in [2.05, 4.69) is 0 Å². The lowest BCUT2D eigenvalue weighted by molar-refractivity contribution is -0.141. The Morgan fingerprint density at radius 3 is 2.12 bits per heavy atom. The molecule has 1 saturated heterocycles. The second-order valence-electron chi connectivity index (χ2n) is 4.00. The lowest BCUT2D eigenvalue weighted by atomic mass is 10.1. The summed E-state index contributed by atoms with van der Waals surface area (Å²) in [4.78, 5) is 36.5. The Bertz CT molecular complexity index is 502. The van der Waals surface area contributed by atoms with Crippen molar-refractivity contribution < 1.29 is 19.1 Å². The van der Waals surface area contributed by atoms with Crippen molar-refractivity contribution in [3.63, 3.8) is 0 Å². The summed E-state index contributed by atoms with van der Waals surface area (Å²) in [6, 6.07) is 5.81. The fraction of sp³-hybridized carbons (Fsp3) is 0.250. The Kier molecular flexibility index (Phi) is 2.01. The van der Waals surface area contributed by atoms with Gasteiger partial charge < -0.3 is 4.74 Å². The number of esters is 1. The van der Waals surface area contributed by atoms with Crippen LogP contribution < -0.4 is 0 Å². The van der Waals surface area contributed by atoms with Gasteiger partial charge in [-0.3, -0.25) is 14.5 Å². The van der Waals surface area contributed by atoms with Crippen molar-refractivity contribution in [1.82, 2.24) is 4.90 Å². The highest BCUT2D eigenvalue weighted by Crippen LogP contribution is 2.27. The molecule has 0 radical (unpaired) electrons. The molecule has 1 fully saturated rings. The standard InChI is InChI=1S/C12H9NO4/c14-10-7-3-1-2-4-8(7)11(15)13(10)9-5-6-17-12(9)16/h1-4,9H,5-6H2/t9-/m1/s1. The molecule has 2 amide bonds. The van der Waals surface area contributed by atoms with Crippen molar-refractivity contribution in [3.05, 3.63) is 35.4 Å². The Labute approximate surface area is 97.0 Å². The van der Waals surface area contributed by atoms with Crippen LogP contribution in [0.15, 0.2) is 24.3 Å². The lowest BCUT2D eigenvalue weighted by Gasteiger charge is -2.17. The van der Waals surface area contributed by atoms with Gasteiger partial charge in [0.1, 0.15) is 6.04 Å². The van der Waals surface area contributed by atoms with E-state index in [4.69, 9.17) is 4.74 Å². The number of imide groups is 1. The lowest BCUT2D eigenvalue weighted by Crippen LogP contribution is -2.42. The first-order chi connectivity index (χ1) is 8.20. The van der Waals surface area contributed by atoms with Gasteiger partial charge in [0, 0.05) is 6.42 Å². The highest BCUT2D eigenvalue weighted by atomic mass is 16.5. The third-order valence-electron chi connectivity index (χ3n) is 3.04. The monoisotopic (exact) mass is 231 g/mol. The fourth-order valence-corrected chi connectivity index (χ4v) is 2.21. The topological polar surface area (TPSA) is 63.7 Å². The summed E-state index contributed by atoms with van der Waals surface area (Å²) in [6.45, 7) is 0.261. The van der Waals surface area contributed by atoms with Crippen LogP contribution in [-0.2, 0) is 9.53 Å². The first kappa shape index (κ1) is 10.0. The number of nitrogens with zero attached hydrogens (tertiary/aromatic N) is 1. The molecule has 17 heavy (non-hydrogen) atoms. The van der Waals surface area contributed by atoms with Gasteiger partial charge >= 0.3 is 5.97 Å². The van der Waals surface area contributed by atoms with E-state index < -0.39 is 23.8 Å². The molecular formula is C12H9NO4. The first-order valence-corrected chi connectivity index (χ1v) is 5.33. The minimum Gasteiger partial charge on any atom is -0.464 e. The van der Waals surface area contributed by atoms with Crippen LogP contribution in [-0.4, -0.2) is 35.3 Å². The van der Waals surface area contributed by atoms with Crippen LogP contribution in [0.1, 0.15) is 27.1 Å². The van der Waals surface area contributed by atoms with Crippen LogP contribution in [0.25, 0.3) is 0 Å². The molecule has 5 nitrogen and oxygen atoms in total. The Morgan fingerprint density at radius 2 is 1.65 bits per heavy atom. The van der Waals surface area contributed by atoms with E-state index in [0.29, 0.717) is 17.5 Å². The van der Waals surface area contributed by atoms with E-state index in [1.165, 1.54) is 0 Å². The quantitative estimate of drug-likeness (QED) is 0.524. The average Bonchev–Trinajstić information content (AvgIpc) is 2.84. The molecule has 0 unspecified atom stereocenters. The predicted molar refractivity (Wildman–Crippen MR) is 56.3 cm³/mol. The Hall–Kier alpha value is -2.17. The molecule has 0 aromatic heterocycles. The van der Waals surface area contributed by atoms with Crippen molar-refractivity contribution in [2.24, 2.45) is 0 Å². The second-order valence-corrected chi connectivity index (χ2v) is 4.00. The molecule has 0 spiro atoms. The van der Waals surface area contributed by atoms with E-state index in [-0.39, 0.29) is 6.61 Å². The third kappa shape index (κ3) is 1.28. The molecule has 1 aromatic rings. The maximum absolute atomic E-state index is 12.0. The molecule has 2 heterocycles. The minimum atomic E-state index is -0.762. The highest BCUT2D eigenvalue weighted by Gasteiger charge is 2.45. The van der Waals surface area contributed by atoms with Gasteiger partial charge in [-0.05, 0) is 12.1 Å². The zero-order chi connectivity index (χ0) is 12.0. The molecule has 2 aliphatic heterocycles. The van der Waals surface area contributed by atoms with Crippen molar-refractivity contribution in [2.75, 3.05) is 6.61 Å². The zero-order valence-corrected chi connectivity index (χ0v) is 8.88. The number of cyclic esters (lactones) is 1. The number of carbonyl (C=O) groups is 3. The van der Waals surface area contributed by atoms with Crippen molar-refractivity contribution in [2.45, 2.75) is 12.5 Å². The molecule has 0 bridgehead atoms. The summed E-state index contributed by atoms with van der Waals surface area (Å²) in [6.07, 6.45) is 0.379. The SMILES string of the molecule is O=C1OCC[C@H]1N1C(=O)c2ccccc2C1=O. The molecule has 0 N–H and O–H groups in total. The van der Waals surface area contributed by atoms with E-state index in [9.17, 15) is 14.4 Å². The first-order valence-electron chi connectivity index (χ1n) is 5.33. The van der Waals surface area contributed by atoms with Gasteiger partial charge in [0.25, 0.3) is 11.8 Å². The summed E-state index contributed by atoms with van der Waals surface area (Å²) in [5.41, 5.74) is 0.717. The normalized spacial score (nSPS) is 22.9. The van der Waals surface area contributed by atoms with Gasteiger partial charge in [-0.25, -0.2) is 4.79 Å². The van der Waals surface area contributed by atoms with E-state index in [1.54, 1.807) is 24.3 Å². The molecule has 1 atom stereocenters. The fourth-order valence-electron chi connectivity index (χ4n) is 2.21. The predicted octanol–water partition coefficient (Wildman–Crippen LogP) is 0.598. The van der Waals surface area contributed by atoms with Crippen LogP contribution >= 0.6 is 0 Å². The van der Waals surface area contributed by atoms with Crippen LogP contribution in [0.3, 0.4) is 0 Å². The highest BCUT2D eigenvalue weighted by molar-refractivity contribution is 6.22. The minimum absolute atomic E-state index is 0.261. The van der Waals surface area contributed by atoms with Crippen LogP contribution in [0.2, 0.25) is 0 Å². The summed E-state index contributed by atoms with van der Waals surface area (Å²) >= 11 is 0. The van der Waals surface area contributed by atoms with E-state index in [1.807, 2.05) is 0 Å². The van der Waals surface area contributed by atoms with Crippen LogP contribution in [0.4, 0.5) is 0 Å². The van der Waals surface area contributed by atoms with Gasteiger partial charge in [0.2, 0.25) is 0 Å². The van der Waals surface area contributed by atoms with Gasteiger partial charge in [0.05, 0.1) is 17.7 Å². The number of rotatable bonds is 1. The maximum Gasteiger partial charge on any atom is 0.329 e. The smallest absolute Gasteiger partial charge is 0.329 e. The summed E-state index contributed by atoms with van der Waals surface area (Å²) in [5.74, 6) is -1.32. The number of benzene rings is 1. The van der Waals surface area contributed by atoms with Crippen molar-refractivity contribution >= 4 is 17.8 Å². The third-order valence-corrected chi connectivity index (χ3v) is 3.04. The molecule has 3 rings (SSSR count). The molecule has 5 heteroatoms. The molecule has 1 aromatic carbocycles. The summed E-state index contributed by atoms with van der Waals surface area (Å²) < 4.78 is 4.79. The zero-order valence-electron chi connectivity index (χ0n) is 8.88. The summed E-state index contributed by atoms with van der Waals surface area (Å²) in [7, 11) is 0. The molecule has 2 aliphatic rings. The largest absolute Gasteiger partial charge is 0.464 e. The number of carbonyl (C=O) groups excluding carboxylic acids is 3. The van der Waals surface area contributed by atoms with E-state index in [0.717, 1.165) is 4.90 Å². The number of fused-ring (bicyclic) bond motifs is 1. The van der Waals surface area contributed by atoms with Crippen LogP contribution in [0, 0.1) is 0 Å². The van der Waals surface area contributed by atoms with Crippen molar-refractivity contribution in [3.8, 4) is 0 Å². The molecule has 86 valence electrons. The molecule has 0 saturated carbocycles.